The van der Waals surface area contributed by atoms with Crippen LogP contribution in [0.25, 0.3) is 0 Å². The Bertz CT molecular complexity index is 1150. The molecule has 3 N–H and O–H groups in total. The summed E-state index contributed by atoms with van der Waals surface area (Å²) in [6, 6.07) is 15.9. The van der Waals surface area contributed by atoms with Gasteiger partial charge in [-0.05, 0) is 58.6 Å². The maximum absolute atomic E-state index is 13.5. The first kappa shape index (κ1) is 30.7. The van der Waals surface area contributed by atoms with Crippen LogP contribution in [-0.4, -0.2) is 59.5 Å². The molecule has 1 saturated heterocycles. The molecule has 1 heterocycles. The number of amides is 4. The van der Waals surface area contributed by atoms with Crippen molar-refractivity contribution in [1.29, 1.82) is 0 Å². The molecule has 0 saturated carbocycles. The summed E-state index contributed by atoms with van der Waals surface area (Å²) in [6.07, 6.45) is 0.624. The predicted octanol–water partition coefficient (Wildman–Crippen LogP) is 3.49. The van der Waals surface area contributed by atoms with Crippen molar-refractivity contribution in [3.8, 4) is 0 Å². The van der Waals surface area contributed by atoms with E-state index in [2.05, 4.69) is 16.0 Å². The molecule has 1 fully saturated rings. The van der Waals surface area contributed by atoms with E-state index in [4.69, 9.17) is 4.74 Å². The SMILES string of the molecule is Cc1ccc(CNC(=O)C(C)NC(=O)C2CCN(C(=O)C(Cc3ccccc3)NC(=O)OC(C)(C)C)CC2)cc1. The van der Waals surface area contributed by atoms with Gasteiger partial charge in [0.1, 0.15) is 17.7 Å². The Hall–Kier alpha value is -3.88. The summed E-state index contributed by atoms with van der Waals surface area (Å²) < 4.78 is 5.39. The average molecular weight is 551 g/mol. The van der Waals surface area contributed by atoms with Crippen molar-refractivity contribution in [2.75, 3.05) is 13.1 Å². The maximum atomic E-state index is 13.5. The van der Waals surface area contributed by atoms with Gasteiger partial charge in [-0.25, -0.2) is 4.79 Å². The van der Waals surface area contributed by atoms with E-state index in [0.717, 1.165) is 16.7 Å². The smallest absolute Gasteiger partial charge is 0.408 e. The zero-order valence-corrected chi connectivity index (χ0v) is 24.2. The van der Waals surface area contributed by atoms with Crippen molar-refractivity contribution in [2.45, 2.75) is 78.1 Å². The van der Waals surface area contributed by atoms with E-state index in [0.29, 0.717) is 38.9 Å². The first-order valence-corrected chi connectivity index (χ1v) is 13.9. The fourth-order valence-corrected chi connectivity index (χ4v) is 4.53. The summed E-state index contributed by atoms with van der Waals surface area (Å²) in [5, 5.41) is 8.42. The molecule has 2 aromatic carbocycles. The molecule has 9 heteroatoms. The second-order valence-electron chi connectivity index (χ2n) is 11.4. The number of carbonyl (C=O) groups is 4. The molecule has 0 spiro atoms. The topological polar surface area (TPSA) is 117 Å². The number of hydrogen-bond acceptors (Lipinski definition) is 5. The monoisotopic (exact) mass is 550 g/mol. The molecule has 0 radical (unpaired) electrons. The van der Waals surface area contributed by atoms with E-state index in [1.165, 1.54) is 0 Å². The molecule has 0 aromatic heterocycles. The molecule has 2 aromatic rings. The number of alkyl carbamates (subject to hydrolysis) is 1. The van der Waals surface area contributed by atoms with Crippen molar-refractivity contribution in [2.24, 2.45) is 5.92 Å². The van der Waals surface area contributed by atoms with E-state index in [1.807, 2.05) is 61.5 Å². The van der Waals surface area contributed by atoms with Gasteiger partial charge in [0.25, 0.3) is 0 Å². The van der Waals surface area contributed by atoms with Crippen LogP contribution in [0.2, 0.25) is 0 Å². The molecule has 1 aliphatic rings. The number of carbonyl (C=O) groups excluding carboxylic acids is 4. The summed E-state index contributed by atoms with van der Waals surface area (Å²) in [4.78, 5) is 53.0. The molecular weight excluding hydrogens is 508 g/mol. The third-order valence-electron chi connectivity index (χ3n) is 6.79. The summed E-state index contributed by atoms with van der Waals surface area (Å²) in [6.45, 7) is 10.1. The minimum Gasteiger partial charge on any atom is -0.444 e. The molecule has 216 valence electrons. The average Bonchev–Trinajstić information content (AvgIpc) is 2.91. The fourth-order valence-electron chi connectivity index (χ4n) is 4.53. The highest BCUT2D eigenvalue weighted by Crippen LogP contribution is 2.19. The lowest BCUT2D eigenvalue weighted by Crippen LogP contribution is -2.54. The van der Waals surface area contributed by atoms with Crippen LogP contribution in [0.3, 0.4) is 0 Å². The summed E-state index contributed by atoms with van der Waals surface area (Å²) >= 11 is 0. The molecule has 2 unspecified atom stereocenters. The Kier molecular flexibility index (Phi) is 10.7. The quantitative estimate of drug-likeness (QED) is 0.442. The van der Waals surface area contributed by atoms with Gasteiger partial charge in [0, 0.05) is 32.0 Å². The number of piperidine rings is 1. The fraction of sp³-hybridized carbons (Fsp3) is 0.484. The van der Waals surface area contributed by atoms with Gasteiger partial charge in [-0.3, -0.25) is 14.4 Å². The third kappa shape index (κ3) is 9.70. The Morgan fingerprint density at radius 2 is 1.55 bits per heavy atom. The van der Waals surface area contributed by atoms with Crippen LogP contribution >= 0.6 is 0 Å². The number of rotatable bonds is 9. The van der Waals surface area contributed by atoms with Crippen LogP contribution in [0.5, 0.6) is 0 Å². The lowest BCUT2D eigenvalue weighted by Gasteiger charge is -2.34. The van der Waals surface area contributed by atoms with E-state index < -0.39 is 23.8 Å². The second kappa shape index (κ2) is 14.0. The zero-order chi connectivity index (χ0) is 29.3. The number of aryl methyl sites for hydroxylation is 1. The minimum absolute atomic E-state index is 0.196. The summed E-state index contributed by atoms with van der Waals surface area (Å²) in [7, 11) is 0. The minimum atomic E-state index is -0.792. The van der Waals surface area contributed by atoms with Crippen LogP contribution < -0.4 is 16.0 Å². The third-order valence-corrected chi connectivity index (χ3v) is 6.79. The van der Waals surface area contributed by atoms with Crippen molar-refractivity contribution in [3.63, 3.8) is 0 Å². The molecule has 1 aliphatic heterocycles. The van der Waals surface area contributed by atoms with Crippen molar-refractivity contribution in [3.05, 3.63) is 71.3 Å². The highest BCUT2D eigenvalue weighted by molar-refractivity contribution is 5.89. The van der Waals surface area contributed by atoms with Gasteiger partial charge in [0.15, 0.2) is 0 Å². The number of nitrogens with one attached hydrogen (secondary N) is 3. The zero-order valence-electron chi connectivity index (χ0n) is 24.2. The molecule has 9 nitrogen and oxygen atoms in total. The molecule has 0 aliphatic carbocycles. The van der Waals surface area contributed by atoms with Crippen molar-refractivity contribution in [1.82, 2.24) is 20.9 Å². The molecule has 4 amide bonds. The first-order chi connectivity index (χ1) is 18.9. The Morgan fingerprint density at radius 3 is 2.15 bits per heavy atom. The van der Waals surface area contributed by atoms with Gasteiger partial charge in [-0.1, -0.05) is 60.2 Å². The van der Waals surface area contributed by atoms with Crippen molar-refractivity contribution >= 4 is 23.8 Å². The van der Waals surface area contributed by atoms with Crippen LogP contribution in [0.1, 0.15) is 57.2 Å². The maximum Gasteiger partial charge on any atom is 0.408 e. The van der Waals surface area contributed by atoms with Gasteiger partial charge in [0.05, 0.1) is 0 Å². The number of nitrogens with zero attached hydrogens (tertiary/aromatic N) is 1. The second-order valence-corrected chi connectivity index (χ2v) is 11.4. The standard InChI is InChI=1S/C31H42N4O5/c1-21-11-13-24(14-12-21)20-32-27(36)22(2)33-28(37)25-15-17-35(18-16-25)29(38)26(19-23-9-7-6-8-10-23)34-30(39)40-31(3,4)5/h6-14,22,25-26H,15-20H2,1-5H3,(H,32,36)(H,33,37)(H,34,39). The van der Waals surface area contributed by atoms with Crippen LogP contribution in [-0.2, 0) is 32.1 Å². The molecule has 40 heavy (non-hydrogen) atoms. The van der Waals surface area contributed by atoms with Crippen LogP contribution in [0, 0.1) is 12.8 Å². The predicted molar refractivity (Wildman–Crippen MR) is 153 cm³/mol. The lowest BCUT2D eigenvalue weighted by molar-refractivity contribution is -0.138. The number of benzene rings is 2. The first-order valence-electron chi connectivity index (χ1n) is 13.9. The largest absolute Gasteiger partial charge is 0.444 e. The van der Waals surface area contributed by atoms with Crippen LogP contribution in [0.15, 0.2) is 54.6 Å². The highest BCUT2D eigenvalue weighted by Gasteiger charge is 2.33. The van der Waals surface area contributed by atoms with Gasteiger partial charge in [0.2, 0.25) is 17.7 Å². The summed E-state index contributed by atoms with van der Waals surface area (Å²) in [5.74, 6) is -0.962. The Labute approximate surface area is 237 Å². The van der Waals surface area contributed by atoms with Gasteiger partial charge in [-0.2, -0.15) is 0 Å². The Balaban J connectivity index is 1.51. The van der Waals surface area contributed by atoms with Gasteiger partial charge >= 0.3 is 6.09 Å². The molecule has 3 rings (SSSR count). The molecule has 2 atom stereocenters. The summed E-state index contributed by atoms with van der Waals surface area (Å²) in [5.41, 5.74) is 2.36. The highest BCUT2D eigenvalue weighted by atomic mass is 16.6. The van der Waals surface area contributed by atoms with E-state index >= 15 is 0 Å². The van der Waals surface area contributed by atoms with Gasteiger partial charge in [-0.15, -0.1) is 0 Å². The van der Waals surface area contributed by atoms with E-state index in [-0.39, 0.29) is 23.6 Å². The van der Waals surface area contributed by atoms with E-state index in [1.54, 1.807) is 32.6 Å². The Morgan fingerprint density at radius 1 is 0.925 bits per heavy atom. The van der Waals surface area contributed by atoms with E-state index in [9.17, 15) is 19.2 Å². The number of ether oxygens (including phenoxy) is 1. The lowest BCUT2D eigenvalue weighted by atomic mass is 9.94. The molecular formula is C31H42N4O5. The van der Waals surface area contributed by atoms with Gasteiger partial charge < -0.3 is 25.6 Å². The number of likely N-dealkylation sites (tertiary alicyclic amines) is 1. The van der Waals surface area contributed by atoms with Crippen LogP contribution in [0.4, 0.5) is 4.79 Å². The van der Waals surface area contributed by atoms with Crippen molar-refractivity contribution < 1.29 is 23.9 Å². The number of hydrogen-bond donors (Lipinski definition) is 3. The molecule has 0 bridgehead atoms. The normalized spacial score (nSPS) is 15.5.